The van der Waals surface area contributed by atoms with Crippen molar-refractivity contribution in [1.29, 1.82) is 0 Å². The first kappa shape index (κ1) is 7.80. The van der Waals surface area contributed by atoms with Gasteiger partial charge in [-0.15, -0.1) is 0 Å². The zero-order valence-corrected chi connectivity index (χ0v) is 7.06. The van der Waals surface area contributed by atoms with Gasteiger partial charge < -0.3 is 4.90 Å². The zero-order valence-electron chi connectivity index (χ0n) is 7.06. The van der Waals surface area contributed by atoms with Gasteiger partial charge in [0.2, 0.25) is 0 Å². The van der Waals surface area contributed by atoms with Crippen molar-refractivity contribution >= 4 is 0 Å². The smallest absolute Gasteiger partial charge is 0.00157 e. The first-order chi connectivity index (χ1) is 4.83. The predicted octanol–water partition coefficient (Wildman–Crippen LogP) is 2.05. The minimum absolute atomic E-state index is 1.21. The summed E-state index contributed by atoms with van der Waals surface area (Å²) in [6.45, 7) is 4.73. The lowest BCUT2D eigenvalue weighted by molar-refractivity contribution is 0.312. The van der Waals surface area contributed by atoms with Crippen molar-refractivity contribution in [3.8, 4) is 0 Å². The molecule has 0 aromatic rings. The molecule has 10 heavy (non-hydrogen) atoms. The molecule has 0 bridgehead atoms. The minimum atomic E-state index is 1.21. The van der Waals surface area contributed by atoms with Crippen LogP contribution in [0, 0.1) is 0 Å². The highest BCUT2D eigenvalue weighted by Crippen LogP contribution is 2.14. The zero-order chi connectivity index (χ0) is 7.40. The second kappa shape index (κ2) is 3.77. The van der Waals surface area contributed by atoms with Crippen LogP contribution in [0.4, 0.5) is 0 Å². The highest BCUT2D eigenvalue weighted by Gasteiger charge is 2.07. The Morgan fingerprint density at radius 2 is 2.00 bits per heavy atom. The molecule has 58 valence electrons. The molecule has 0 spiro atoms. The van der Waals surface area contributed by atoms with E-state index in [2.05, 4.69) is 24.9 Å². The molecule has 1 rings (SSSR count). The average Bonchev–Trinajstić information content (AvgIpc) is 1.95. The van der Waals surface area contributed by atoms with E-state index in [1.165, 1.54) is 32.4 Å². The normalized spacial score (nSPS) is 21.2. The third-order valence-corrected chi connectivity index (χ3v) is 2.12. The Morgan fingerprint density at radius 1 is 1.40 bits per heavy atom. The second-order valence-electron chi connectivity index (χ2n) is 3.07. The molecule has 0 amide bonds. The van der Waals surface area contributed by atoms with Crippen LogP contribution in [-0.4, -0.2) is 25.0 Å². The Kier molecular flexibility index (Phi) is 2.94. The molecule has 0 saturated carbocycles. The highest BCUT2D eigenvalue weighted by molar-refractivity contribution is 5.04. The van der Waals surface area contributed by atoms with Gasteiger partial charge in [-0.1, -0.05) is 18.6 Å². The average molecular weight is 139 g/mol. The van der Waals surface area contributed by atoms with Crippen LogP contribution < -0.4 is 0 Å². The number of hydrogen-bond acceptors (Lipinski definition) is 1. The lowest BCUT2D eigenvalue weighted by atomic mass is 10.0. The van der Waals surface area contributed by atoms with E-state index < -0.39 is 0 Å². The van der Waals surface area contributed by atoms with Crippen molar-refractivity contribution in [2.24, 2.45) is 0 Å². The van der Waals surface area contributed by atoms with Crippen molar-refractivity contribution in [2.75, 3.05) is 20.1 Å². The lowest BCUT2D eigenvalue weighted by Crippen LogP contribution is -2.26. The first-order valence-electron chi connectivity index (χ1n) is 4.19. The van der Waals surface area contributed by atoms with Crippen LogP contribution in [0.15, 0.2) is 11.6 Å². The number of likely N-dealkylation sites (tertiary alicyclic amines) is 1. The molecule has 0 aromatic heterocycles. The van der Waals surface area contributed by atoms with Gasteiger partial charge in [0.05, 0.1) is 0 Å². The maximum Gasteiger partial charge on any atom is 0.00157 e. The van der Waals surface area contributed by atoms with E-state index in [1.54, 1.807) is 5.57 Å². The lowest BCUT2D eigenvalue weighted by Gasteiger charge is -2.23. The number of rotatable bonds is 1. The fourth-order valence-electron chi connectivity index (χ4n) is 1.40. The first-order valence-corrected chi connectivity index (χ1v) is 4.19. The standard InChI is InChI=1S/C9H17N/c1-3-4-9-5-7-10(2)8-6-9/h4H,3,5-8H2,1-2H3. The molecule has 1 saturated heterocycles. The fourth-order valence-corrected chi connectivity index (χ4v) is 1.40. The number of allylic oxidation sites excluding steroid dienone is 1. The van der Waals surface area contributed by atoms with Crippen LogP contribution in [0.25, 0.3) is 0 Å². The molecular formula is C9H17N. The molecular weight excluding hydrogens is 122 g/mol. The van der Waals surface area contributed by atoms with Gasteiger partial charge in [0.1, 0.15) is 0 Å². The molecule has 0 aliphatic carbocycles. The number of piperidine rings is 1. The second-order valence-corrected chi connectivity index (χ2v) is 3.07. The Hall–Kier alpha value is -0.300. The van der Waals surface area contributed by atoms with Crippen molar-refractivity contribution in [2.45, 2.75) is 26.2 Å². The molecule has 1 aliphatic heterocycles. The maximum absolute atomic E-state index is 2.40. The summed E-state index contributed by atoms with van der Waals surface area (Å²) in [5.74, 6) is 0. The third kappa shape index (κ3) is 2.14. The topological polar surface area (TPSA) is 3.24 Å². The molecule has 0 N–H and O–H groups in total. The third-order valence-electron chi connectivity index (χ3n) is 2.12. The summed E-state index contributed by atoms with van der Waals surface area (Å²) in [4.78, 5) is 2.40. The summed E-state index contributed by atoms with van der Waals surface area (Å²) in [7, 11) is 2.20. The van der Waals surface area contributed by atoms with E-state index in [0.29, 0.717) is 0 Å². The summed E-state index contributed by atoms with van der Waals surface area (Å²) >= 11 is 0. The van der Waals surface area contributed by atoms with Gasteiger partial charge >= 0.3 is 0 Å². The number of hydrogen-bond donors (Lipinski definition) is 0. The van der Waals surface area contributed by atoms with Crippen molar-refractivity contribution in [3.05, 3.63) is 11.6 Å². The summed E-state index contributed by atoms with van der Waals surface area (Å²) < 4.78 is 0. The SMILES string of the molecule is CCC=C1CCN(C)CC1. The predicted molar refractivity (Wildman–Crippen MR) is 45.1 cm³/mol. The maximum atomic E-state index is 2.40. The molecule has 0 aromatic carbocycles. The van der Waals surface area contributed by atoms with Gasteiger partial charge in [0.15, 0.2) is 0 Å². The van der Waals surface area contributed by atoms with Crippen molar-refractivity contribution in [1.82, 2.24) is 4.90 Å². The minimum Gasteiger partial charge on any atom is -0.306 e. The molecule has 1 heteroatoms. The highest BCUT2D eigenvalue weighted by atomic mass is 15.1. The van der Waals surface area contributed by atoms with Crippen LogP contribution in [0.3, 0.4) is 0 Å². The Labute approximate surface area is 63.7 Å². The largest absolute Gasteiger partial charge is 0.306 e. The Morgan fingerprint density at radius 3 is 2.50 bits per heavy atom. The van der Waals surface area contributed by atoms with Gasteiger partial charge in [-0.3, -0.25) is 0 Å². The quantitative estimate of drug-likeness (QED) is 0.502. The van der Waals surface area contributed by atoms with Crippen LogP contribution >= 0.6 is 0 Å². The van der Waals surface area contributed by atoms with Crippen LogP contribution in [0.5, 0.6) is 0 Å². The van der Waals surface area contributed by atoms with E-state index in [0.717, 1.165) is 0 Å². The monoisotopic (exact) mass is 139 g/mol. The van der Waals surface area contributed by atoms with E-state index in [9.17, 15) is 0 Å². The van der Waals surface area contributed by atoms with Crippen LogP contribution in [0.1, 0.15) is 26.2 Å². The van der Waals surface area contributed by atoms with Gasteiger partial charge in [-0.25, -0.2) is 0 Å². The fraction of sp³-hybridized carbons (Fsp3) is 0.778. The molecule has 1 nitrogen and oxygen atoms in total. The Balaban J connectivity index is 2.32. The number of nitrogens with zero attached hydrogens (tertiary/aromatic N) is 1. The summed E-state index contributed by atoms with van der Waals surface area (Å²) in [5.41, 5.74) is 1.67. The van der Waals surface area contributed by atoms with Crippen LogP contribution in [-0.2, 0) is 0 Å². The molecule has 1 fully saturated rings. The van der Waals surface area contributed by atoms with Gasteiger partial charge in [-0.2, -0.15) is 0 Å². The van der Waals surface area contributed by atoms with Crippen LogP contribution in [0.2, 0.25) is 0 Å². The van der Waals surface area contributed by atoms with Gasteiger partial charge in [-0.05, 0) is 26.3 Å². The van der Waals surface area contributed by atoms with Gasteiger partial charge in [0, 0.05) is 13.1 Å². The molecule has 1 aliphatic rings. The molecule has 0 atom stereocenters. The van der Waals surface area contributed by atoms with Gasteiger partial charge in [0.25, 0.3) is 0 Å². The van der Waals surface area contributed by atoms with E-state index >= 15 is 0 Å². The van der Waals surface area contributed by atoms with E-state index in [-0.39, 0.29) is 0 Å². The van der Waals surface area contributed by atoms with E-state index in [1.807, 2.05) is 0 Å². The summed E-state index contributed by atoms with van der Waals surface area (Å²) in [6.07, 6.45) is 6.18. The van der Waals surface area contributed by atoms with Crippen molar-refractivity contribution < 1.29 is 0 Å². The summed E-state index contributed by atoms with van der Waals surface area (Å²) in [5, 5.41) is 0. The van der Waals surface area contributed by atoms with Crippen molar-refractivity contribution in [3.63, 3.8) is 0 Å². The Bertz CT molecular complexity index is 117. The van der Waals surface area contributed by atoms with E-state index in [4.69, 9.17) is 0 Å². The molecule has 0 radical (unpaired) electrons. The molecule has 0 unspecified atom stereocenters. The summed E-state index contributed by atoms with van der Waals surface area (Å²) in [6, 6.07) is 0. The molecule has 1 heterocycles.